The number of carbonyl (C=O) groups excluding carboxylic acids is 3. The summed E-state index contributed by atoms with van der Waals surface area (Å²) < 4.78 is 56.9. The third kappa shape index (κ3) is 8.86. The number of nitrogens with one attached hydrogen (secondary N) is 1. The molecule has 2 saturated carbocycles. The van der Waals surface area contributed by atoms with Crippen LogP contribution in [0, 0.1) is 16.7 Å². The monoisotopic (exact) mass is 921 g/mol. The minimum absolute atomic E-state index is 0.0758. The van der Waals surface area contributed by atoms with E-state index in [2.05, 4.69) is 22.1 Å². The van der Waals surface area contributed by atoms with Crippen LogP contribution >= 0.6 is 0 Å². The van der Waals surface area contributed by atoms with Crippen molar-refractivity contribution in [2.24, 2.45) is 16.7 Å². The Bertz CT molecular complexity index is 2120. The summed E-state index contributed by atoms with van der Waals surface area (Å²) >= 11 is 0. The van der Waals surface area contributed by atoms with Crippen LogP contribution < -0.4 is 10.1 Å². The third-order valence-corrected chi connectivity index (χ3v) is 14.9. The van der Waals surface area contributed by atoms with Crippen LogP contribution in [-0.2, 0) is 54.1 Å². The van der Waals surface area contributed by atoms with Crippen LogP contribution in [0.4, 0.5) is 4.79 Å². The number of hydrogen-bond acceptors (Lipinski definition) is 16. The van der Waals surface area contributed by atoms with Gasteiger partial charge in [0.25, 0.3) is 0 Å². The second-order valence-electron chi connectivity index (χ2n) is 20.5. The highest BCUT2D eigenvalue weighted by Crippen LogP contribution is 2.66. The summed E-state index contributed by atoms with van der Waals surface area (Å²) in [6.45, 7) is 17.5. The second kappa shape index (κ2) is 18.4. The molecule has 3 aliphatic carbocycles. The fourth-order valence-electron chi connectivity index (χ4n) is 11.6. The van der Waals surface area contributed by atoms with Gasteiger partial charge >= 0.3 is 18.0 Å². The van der Waals surface area contributed by atoms with Crippen molar-refractivity contribution in [1.82, 2.24) is 15.2 Å². The molecule has 0 unspecified atom stereocenters. The van der Waals surface area contributed by atoms with Crippen LogP contribution in [0.3, 0.4) is 0 Å². The highest BCUT2D eigenvalue weighted by Gasteiger charge is 2.76. The maximum atomic E-state index is 14.6. The average Bonchev–Trinajstić information content (AvgIpc) is 3.67. The molecule has 66 heavy (non-hydrogen) atoms. The molecule has 17 nitrogen and oxygen atoms in total. The molecule has 1 aromatic carbocycles. The Kier molecular flexibility index (Phi) is 13.4. The van der Waals surface area contributed by atoms with Gasteiger partial charge in [-0.15, -0.1) is 0 Å². The van der Waals surface area contributed by atoms with Gasteiger partial charge in [0.2, 0.25) is 0 Å². The third-order valence-electron chi connectivity index (χ3n) is 14.9. The molecule has 0 spiro atoms. The Morgan fingerprint density at radius 2 is 1.77 bits per heavy atom. The molecule has 12 atom stereocenters. The van der Waals surface area contributed by atoms with Crippen molar-refractivity contribution in [3.05, 3.63) is 71.1 Å². The summed E-state index contributed by atoms with van der Waals surface area (Å²) in [6.07, 6.45) is -5.34. The van der Waals surface area contributed by atoms with Crippen LogP contribution in [-0.4, -0.2) is 144 Å². The van der Waals surface area contributed by atoms with Crippen molar-refractivity contribution >= 4 is 18.0 Å². The summed E-state index contributed by atoms with van der Waals surface area (Å²) in [5.41, 5.74) is -3.65. The molecule has 0 radical (unpaired) electrons. The predicted octanol–water partition coefficient (Wildman–Crippen LogP) is 4.56. The van der Waals surface area contributed by atoms with Crippen molar-refractivity contribution in [2.75, 3.05) is 46.6 Å². The van der Waals surface area contributed by atoms with Crippen LogP contribution in [0.15, 0.2) is 59.8 Å². The van der Waals surface area contributed by atoms with Gasteiger partial charge in [-0.25, -0.2) is 9.59 Å². The van der Waals surface area contributed by atoms with E-state index in [1.165, 1.54) is 26.3 Å². The number of esters is 2. The lowest BCUT2D eigenvalue weighted by Gasteiger charge is -2.68. The summed E-state index contributed by atoms with van der Waals surface area (Å²) in [6, 6.07) is 11.3. The number of rotatable bonds is 12. The lowest BCUT2D eigenvalue weighted by Crippen LogP contribution is -2.79. The Morgan fingerprint density at radius 3 is 2.39 bits per heavy atom. The molecule has 2 bridgehead atoms. The fraction of sp³-hybridized carbons (Fsp3) is 0.673. The van der Waals surface area contributed by atoms with E-state index in [1.807, 2.05) is 51.1 Å². The van der Waals surface area contributed by atoms with Gasteiger partial charge in [-0.2, -0.15) is 0 Å². The van der Waals surface area contributed by atoms with Crippen molar-refractivity contribution < 1.29 is 67.2 Å². The molecule has 3 N–H and O–H groups in total. The normalized spacial score (nSPS) is 34.7. The molecule has 3 aliphatic heterocycles. The van der Waals surface area contributed by atoms with Gasteiger partial charge in [-0.1, -0.05) is 51.1 Å². The summed E-state index contributed by atoms with van der Waals surface area (Å²) in [5.74, 6) is -1.88. The number of nitrogens with zero attached hydrogens (tertiary/aromatic N) is 2. The number of methoxy groups -OCH3 is 1. The number of aliphatic hydroxyl groups excluding tert-OH is 1. The number of pyridine rings is 1. The lowest BCUT2D eigenvalue weighted by atomic mass is 9.45. The van der Waals surface area contributed by atoms with Crippen LogP contribution in [0.1, 0.15) is 92.0 Å². The van der Waals surface area contributed by atoms with E-state index < -0.39 is 101 Å². The van der Waals surface area contributed by atoms with Gasteiger partial charge in [0.1, 0.15) is 41.3 Å². The highest BCUT2D eigenvalue weighted by molar-refractivity contribution is 5.78. The molecule has 1 aromatic heterocycles. The first-order valence-electron chi connectivity index (χ1n) is 23.1. The number of hydrogen-bond donors (Lipinski definition) is 3. The largest absolute Gasteiger partial charge is 0.495 e. The molecule has 5 fully saturated rings. The summed E-state index contributed by atoms with van der Waals surface area (Å²) in [5, 5.41) is 28.6. The SMILES string of the molecule is COc1ccc([C@H](NC(=O)OC(C)(C)C)[C@@H](O)C(=O)O[C@H]2C[C@@]3(O)[C@@H](OCc4ccccc4)[C@H]4[C@@](C)(CC[C@H]5OC[C@]54OC(C)=O)[C@@H]4O[C@H](CN5CCOCC5)O[C@@H]4C(=C2C)C3(C)C)nc1. The van der Waals surface area contributed by atoms with Crippen LogP contribution in [0.5, 0.6) is 5.75 Å². The van der Waals surface area contributed by atoms with Gasteiger partial charge in [0, 0.05) is 49.7 Å². The molecular formula is C49H67N3O14. The van der Waals surface area contributed by atoms with E-state index in [0.29, 0.717) is 62.6 Å². The maximum absolute atomic E-state index is 14.6. The molecule has 17 heteroatoms. The number of carbonyl (C=O) groups is 3. The van der Waals surface area contributed by atoms with Gasteiger partial charge in [0.05, 0.1) is 57.6 Å². The number of alkyl carbamates (subject to hydrolysis) is 1. The van der Waals surface area contributed by atoms with Gasteiger partial charge in [-0.3, -0.25) is 14.7 Å². The smallest absolute Gasteiger partial charge is 0.408 e. The molecule has 6 aliphatic rings. The minimum atomic E-state index is -1.99. The van der Waals surface area contributed by atoms with Crippen LogP contribution in [0.25, 0.3) is 0 Å². The van der Waals surface area contributed by atoms with Gasteiger partial charge < -0.3 is 58.2 Å². The topological polar surface area (TPSA) is 203 Å². The van der Waals surface area contributed by atoms with Crippen molar-refractivity contribution in [2.45, 2.75) is 147 Å². The van der Waals surface area contributed by atoms with E-state index in [9.17, 15) is 24.6 Å². The zero-order valence-electron chi connectivity index (χ0n) is 39.6. The Balaban J connectivity index is 1.24. The Labute approximate surface area is 386 Å². The zero-order valence-corrected chi connectivity index (χ0v) is 39.6. The molecule has 3 saturated heterocycles. The van der Waals surface area contributed by atoms with Crippen LogP contribution in [0.2, 0.25) is 0 Å². The number of ether oxygens (including phenoxy) is 9. The molecular weight excluding hydrogens is 855 g/mol. The number of aromatic nitrogens is 1. The van der Waals surface area contributed by atoms with E-state index in [1.54, 1.807) is 26.8 Å². The Hall–Kier alpha value is -4.20. The molecule has 8 rings (SSSR count). The minimum Gasteiger partial charge on any atom is -0.495 e. The standard InChI is InChI=1S/C49H67N3O14/c1-28-33(62-43(55)38(54)37(51-44(56)66-45(3,4)5)32-16-15-31(58-9)24-50-32)23-49(57)42(60-26-30-13-11-10-12-14-30)40-47(8,18-17-34-48(40,27-61-34)65-29(2)53)41-39(36(28)46(49,6)7)63-35(64-41)25-52-19-21-59-22-20-52/h10-16,24,33-35,37-42,54,57H,17-23,25-27H2,1-9H3,(H,51,56)/t33-,34+,35+,37-,38+,39+,40-,41+,42-,47+,48-,49+/m0/s1. The van der Waals surface area contributed by atoms with Crippen molar-refractivity contribution in [1.29, 1.82) is 0 Å². The number of morpholine rings is 1. The zero-order chi connectivity index (χ0) is 47.4. The van der Waals surface area contributed by atoms with Gasteiger partial charge in [-0.05, 0) is 69.4 Å². The molecule has 4 heterocycles. The number of amides is 1. The predicted molar refractivity (Wildman–Crippen MR) is 236 cm³/mol. The van der Waals surface area contributed by atoms with E-state index in [4.69, 9.17) is 42.6 Å². The number of benzene rings is 1. The lowest BCUT2D eigenvalue weighted by molar-refractivity contribution is -0.352. The van der Waals surface area contributed by atoms with E-state index in [-0.39, 0.29) is 25.3 Å². The maximum Gasteiger partial charge on any atom is 0.408 e. The van der Waals surface area contributed by atoms with Crippen molar-refractivity contribution in [3.63, 3.8) is 0 Å². The first kappa shape index (κ1) is 48.3. The van der Waals surface area contributed by atoms with E-state index in [0.717, 1.165) is 5.56 Å². The molecule has 2 aromatic rings. The fourth-order valence-corrected chi connectivity index (χ4v) is 11.6. The number of aliphatic hydroxyl groups is 2. The van der Waals surface area contributed by atoms with E-state index >= 15 is 0 Å². The first-order valence-corrected chi connectivity index (χ1v) is 23.1. The summed E-state index contributed by atoms with van der Waals surface area (Å²) in [7, 11) is 1.48. The van der Waals surface area contributed by atoms with Crippen molar-refractivity contribution in [3.8, 4) is 5.75 Å². The Morgan fingerprint density at radius 1 is 1.05 bits per heavy atom. The number of fused-ring (bicyclic) bond motifs is 8. The second-order valence-corrected chi connectivity index (χ2v) is 20.5. The summed E-state index contributed by atoms with van der Waals surface area (Å²) in [4.78, 5) is 47.6. The highest BCUT2D eigenvalue weighted by atomic mass is 16.7. The molecule has 1 amide bonds. The quantitative estimate of drug-likeness (QED) is 0.152. The molecule has 362 valence electrons. The van der Waals surface area contributed by atoms with Gasteiger partial charge in [0.15, 0.2) is 18.0 Å². The average molecular weight is 922 g/mol. The first-order chi connectivity index (χ1) is 31.2.